The van der Waals surface area contributed by atoms with Crippen molar-refractivity contribution in [1.82, 2.24) is 15.5 Å². The van der Waals surface area contributed by atoms with E-state index in [0.717, 1.165) is 64.1 Å². The maximum absolute atomic E-state index is 5.40. The van der Waals surface area contributed by atoms with E-state index in [1.165, 1.54) is 5.56 Å². The van der Waals surface area contributed by atoms with Gasteiger partial charge in [0.2, 0.25) is 0 Å². The van der Waals surface area contributed by atoms with Crippen molar-refractivity contribution in [3.8, 4) is 0 Å². The van der Waals surface area contributed by atoms with Gasteiger partial charge in [0.15, 0.2) is 5.96 Å². The zero-order chi connectivity index (χ0) is 17.9. The number of guanidine groups is 1. The number of morpholine rings is 1. The molecule has 1 aliphatic rings. The number of aliphatic imine (C=N–C) groups is 1. The molecule has 1 aromatic heterocycles. The molecule has 26 heavy (non-hydrogen) atoms. The van der Waals surface area contributed by atoms with Crippen molar-refractivity contribution >= 4 is 5.96 Å². The Morgan fingerprint density at radius 1 is 1.00 bits per heavy atom. The lowest BCUT2D eigenvalue weighted by molar-refractivity contribution is 0.0389. The Morgan fingerprint density at radius 2 is 1.81 bits per heavy atom. The zero-order valence-corrected chi connectivity index (χ0v) is 15.2. The molecule has 0 aliphatic carbocycles. The highest BCUT2D eigenvalue weighted by Gasteiger charge is 2.09. The molecule has 2 N–H and O–H groups in total. The molecule has 1 fully saturated rings. The highest BCUT2D eigenvalue weighted by molar-refractivity contribution is 5.79. The molecule has 0 radical (unpaired) electrons. The van der Waals surface area contributed by atoms with Crippen molar-refractivity contribution in [2.45, 2.75) is 13.0 Å². The summed E-state index contributed by atoms with van der Waals surface area (Å²) in [7, 11) is 0. The molecule has 2 aromatic rings. The molecular weight excluding hydrogens is 328 g/mol. The number of furan rings is 1. The van der Waals surface area contributed by atoms with Gasteiger partial charge in [0.25, 0.3) is 0 Å². The first-order valence-electron chi connectivity index (χ1n) is 9.29. The van der Waals surface area contributed by atoms with Gasteiger partial charge in [-0.2, -0.15) is 0 Å². The van der Waals surface area contributed by atoms with E-state index < -0.39 is 0 Å². The average molecular weight is 356 g/mol. The predicted octanol–water partition coefficient (Wildman–Crippen LogP) is 1.89. The van der Waals surface area contributed by atoms with Crippen LogP contribution in [0.5, 0.6) is 0 Å². The van der Waals surface area contributed by atoms with Gasteiger partial charge in [-0.05, 0) is 17.7 Å². The third-order valence-corrected chi connectivity index (χ3v) is 4.33. The molecule has 0 amide bonds. The normalized spacial score (nSPS) is 15.8. The summed E-state index contributed by atoms with van der Waals surface area (Å²) in [5.41, 5.74) is 1.20. The topological polar surface area (TPSA) is 62.0 Å². The number of hydrogen-bond donors (Lipinski definition) is 2. The second kappa shape index (κ2) is 10.6. The minimum Gasteiger partial charge on any atom is -0.469 e. The van der Waals surface area contributed by atoms with Crippen molar-refractivity contribution in [3.05, 3.63) is 60.1 Å². The molecular formula is C20H28N4O2. The number of hydrogen-bond acceptors (Lipinski definition) is 4. The van der Waals surface area contributed by atoms with E-state index in [2.05, 4.69) is 27.7 Å². The first-order chi connectivity index (χ1) is 12.9. The Labute approximate surface area is 155 Å². The first kappa shape index (κ1) is 18.5. The van der Waals surface area contributed by atoms with Crippen LogP contribution in [0.2, 0.25) is 0 Å². The lowest BCUT2D eigenvalue weighted by Crippen LogP contribution is -2.44. The van der Waals surface area contributed by atoms with E-state index >= 15 is 0 Å². The quantitative estimate of drug-likeness (QED) is 0.559. The maximum atomic E-state index is 5.40. The van der Waals surface area contributed by atoms with Crippen molar-refractivity contribution in [1.29, 1.82) is 0 Å². The smallest absolute Gasteiger partial charge is 0.191 e. The number of ether oxygens (including phenoxy) is 1. The summed E-state index contributed by atoms with van der Waals surface area (Å²) in [6.45, 7) is 6.97. The number of rotatable bonds is 8. The minimum absolute atomic E-state index is 0.661. The Kier molecular flexibility index (Phi) is 7.56. The van der Waals surface area contributed by atoms with E-state index in [0.29, 0.717) is 6.54 Å². The zero-order valence-electron chi connectivity index (χ0n) is 15.2. The highest BCUT2D eigenvalue weighted by Crippen LogP contribution is 2.01. The Morgan fingerprint density at radius 3 is 2.58 bits per heavy atom. The fourth-order valence-corrected chi connectivity index (χ4v) is 2.84. The number of nitrogens with one attached hydrogen (secondary N) is 2. The molecule has 0 unspecified atom stereocenters. The van der Waals surface area contributed by atoms with E-state index in [1.54, 1.807) is 6.26 Å². The van der Waals surface area contributed by atoms with Crippen LogP contribution in [0.1, 0.15) is 11.3 Å². The molecule has 0 bridgehead atoms. The summed E-state index contributed by atoms with van der Waals surface area (Å²) in [6, 6.07) is 14.2. The number of nitrogens with zero attached hydrogens (tertiary/aromatic N) is 2. The summed E-state index contributed by atoms with van der Waals surface area (Å²) in [4.78, 5) is 7.13. The molecule has 1 saturated heterocycles. The minimum atomic E-state index is 0.661. The number of benzene rings is 1. The molecule has 2 heterocycles. The van der Waals surface area contributed by atoms with Gasteiger partial charge in [0, 0.05) is 39.1 Å². The van der Waals surface area contributed by atoms with Gasteiger partial charge in [0.1, 0.15) is 5.76 Å². The predicted molar refractivity (Wildman–Crippen MR) is 103 cm³/mol. The van der Waals surface area contributed by atoms with Crippen LogP contribution in [0.4, 0.5) is 0 Å². The van der Waals surface area contributed by atoms with Gasteiger partial charge in [-0.3, -0.25) is 4.90 Å². The molecule has 1 aromatic carbocycles. The van der Waals surface area contributed by atoms with Crippen LogP contribution in [0.3, 0.4) is 0 Å². The van der Waals surface area contributed by atoms with Crippen molar-refractivity contribution in [3.63, 3.8) is 0 Å². The third-order valence-electron chi connectivity index (χ3n) is 4.33. The van der Waals surface area contributed by atoms with Crippen LogP contribution in [0.25, 0.3) is 0 Å². The van der Waals surface area contributed by atoms with Crippen LogP contribution in [0, 0.1) is 0 Å². The molecule has 6 heteroatoms. The largest absolute Gasteiger partial charge is 0.469 e. The lowest BCUT2D eigenvalue weighted by Gasteiger charge is -2.26. The molecule has 0 saturated carbocycles. The third kappa shape index (κ3) is 6.54. The first-order valence-corrected chi connectivity index (χ1v) is 9.29. The Bertz CT molecular complexity index is 637. The van der Waals surface area contributed by atoms with Gasteiger partial charge in [-0.1, -0.05) is 30.3 Å². The maximum Gasteiger partial charge on any atom is 0.191 e. The van der Waals surface area contributed by atoms with Crippen molar-refractivity contribution < 1.29 is 9.15 Å². The molecule has 1 aliphatic heterocycles. The summed E-state index contributed by atoms with van der Waals surface area (Å²) in [6.07, 6.45) is 2.54. The van der Waals surface area contributed by atoms with Gasteiger partial charge in [-0.15, -0.1) is 0 Å². The van der Waals surface area contributed by atoms with Gasteiger partial charge in [-0.25, -0.2) is 4.99 Å². The Balaban J connectivity index is 1.47. The molecule has 6 nitrogen and oxygen atoms in total. The van der Waals surface area contributed by atoms with Gasteiger partial charge >= 0.3 is 0 Å². The van der Waals surface area contributed by atoms with Crippen LogP contribution < -0.4 is 10.6 Å². The van der Waals surface area contributed by atoms with E-state index in [1.807, 2.05) is 30.3 Å². The van der Waals surface area contributed by atoms with Crippen LogP contribution >= 0.6 is 0 Å². The van der Waals surface area contributed by atoms with E-state index in [-0.39, 0.29) is 0 Å². The van der Waals surface area contributed by atoms with Gasteiger partial charge in [0.05, 0.1) is 26.0 Å². The SMILES string of the molecule is c1ccc(CN=C(NCCc2ccco2)NCCN2CCOCC2)cc1. The van der Waals surface area contributed by atoms with Crippen LogP contribution in [-0.4, -0.2) is 56.8 Å². The van der Waals surface area contributed by atoms with Crippen LogP contribution in [0.15, 0.2) is 58.1 Å². The van der Waals surface area contributed by atoms with E-state index in [9.17, 15) is 0 Å². The van der Waals surface area contributed by atoms with E-state index in [4.69, 9.17) is 14.1 Å². The standard InChI is InChI=1S/C20H28N4O2/c1-2-5-18(6-3-1)17-23-20(21-9-8-19-7-4-14-26-19)22-10-11-24-12-15-25-16-13-24/h1-7,14H,8-13,15-17H2,(H2,21,22,23). The van der Waals surface area contributed by atoms with Crippen molar-refractivity contribution in [2.75, 3.05) is 45.9 Å². The molecule has 0 atom stereocenters. The van der Waals surface area contributed by atoms with Crippen LogP contribution in [-0.2, 0) is 17.7 Å². The summed E-state index contributed by atoms with van der Waals surface area (Å²) >= 11 is 0. The summed E-state index contributed by atoms with van der Waals surface area (Å²) < 4.78 is 10.8. The fraction of sp³-hybridized carbons (Fsp3) is 0.450. The molecule has 0 spiro atoms. The molecule has 3 rings (SSSR count). The highest BCUT2D eigenvalue weighted by atomic mass is 16.5. The monoisotopic (exact) mass is 356 g/mol. The summed E-state index contributed by atoms with van der Waals surface area (Å²) in [5.74, 6) is 1.82. The Hall–Kier alpha value is -2.31. The second-order valence-corrected chi connectivity index (χ2v) is 6.29. The summed E-state index contributed by atoms with van der Waals surface area (Å²) in [5, 5.41) is 6.84. The second-order valence-electron chi connectivity index (χ2n) is 6.29. The lowest BCUT2D eigenvalue weighted by atomic mass is 10.2. The van der Waals surface area contributed by atoms with Gasteiger partial charge < -0.3 is 19.8 Å². The molecule has 140 valence electrons. The average Bonchev–Trinajstić information content (AvgIpc) is 3.21. The van der Waals surface area contributed by atoms with Crippen molar-refractivity contribution in [2.24, 2.45) is 4.99 Å². The fourth-order valence-electron chi connectivity index (χ4n) is 2.84.